The molecule has 0 unspecified atom stereocenters. The van der Waals surface area contributed by atoms with Gasteiger partial charge in [-0.2, -0.15) is 0 Å². The van der Waals surface area contributed by atoms with E-state index < -0.39 is 11.9 Å². The molecule has 1 aromatic carbocycles. The highest BCUT2D eigenvalue weighted by Gasteiger charge is 2.07. The van der Waals surface area contributed by atoms with Crippen LogP contribution < -0.4 is 5.32 Å². The van der Waals surface area contributed by atoms with Gasteiger partial charge in [0, 0.05) is 18.5 Å². The summed E-state index contributed by atoms with van der Waals surface area (Å²) in [6, 6.07) is 5.86. The first-order valence-electron chi connectivity index (χ1n) is 5.34. The molecule has 0 aromatic heterocycles. The molecule has 0 bridgehead atoms. The number of amides is 1. The van der Waals surface area contributed by atoms with Crippen LogP contribution in [-0.4, -0.2) is 28.1 Å². The third kappa shape index (κ3) is 4.65. The summed E-state index contributed by atoms with van der Waals surface area (Å²) in [4.78, 5) is 32.4. The van der Waals surface area contributed by atoms with Gasteiger partial charge < -0.3 is 15.5 Å². The number of benzene rings is 1. The molecule has 18 heavy (non-hydrogen) atoms. The first kappa shape index (κ1) is 13.7. The standard InChI is InChI=1S/C12H13NO5/c14-10(5-2-6-11(15)16)13-9-4-1-3-8(7-9)12(17)18/h1,3-4,7H,2,5-6H2,(H,13,14)(H,15,16)(H,17,18). The molecular formula is C12H13NO5. The number of carboxylic acids is 2. The zero-order valence-electron chi connectivity index (χ0n) is 9.55. The van der Waals surface area contributed by atoms with E-state index in [1.54, 1.807) is 6.07 Å². The quantitative estimate of drug-likeness (QED) is 0.712. The molecule has 0 aliphatic heterocycles. The van der Waals surface area contributed by atoms with E-state index in [0.29, 0.717) is 5.69 Å². The number of hydrogen-bond acceptors (Lipinski definition) is 3. The van der Waals surface area contributed by atoms with Crippen LogP contribution >= 0.6 is 0 Å². The van der Waals surface area contributed by atoms with Gasteiger partial charge in [-0.25, -0.2) is 4.79 Å². The van der Waals surface area contributed by atoms with Crippen molar-refractivity contribution in [2.45, 2.75) is 19.3 Å². The minimum Gasteiger partial charge on any atom is -0.481 e. The van der Waals surface area contributed by atoms with Crippen molar-refractivity contribution in [3.05, 3.63) is 29.8 Å². The molecule has 0 spiro atoms. The van der Waals surface area contributed by atoms with Gasteiger partial charge in [-0.15, -0.1) is 0 Å². The van der Waals surface area contributed by atoms with Crippen molar-refractivity contribution >= 4 is 23.5 Å². The Bertz CT molecular complexity index is 469. The van der Waals surface area contributed by atoms with Crippen molar-refractivity contribution < 1.29 is 24.6 Å². The molecule has 0 radical (unpaired) electrons. The minimum absolute atomic E-state index is 0.0669. The maximum absolute atomic E-state index is 11.4. The van der Waals surface area contributed by atoms with Crippen molar-refractivity contribution in [3.8, 4) is 0 Å². The van der Waals surface area contributed by atoms with Crippen molar-refractivity contribution in [2.75, 3.05) is 5.32 Å². The fraction of sp³-hybridized carbons (Fsp3) is 0.250. The summed E-state index contributed by atoms with van der Waals surface area (Å²) in [6.07, 6.45) is 0.270. The highest BCUT2D eigenvalue weighted by Crippen LogP contribution is 2.11. The molecule has 0 saturated carbocycles. The van der Waals surface area contributed by atoms with Crippen LogP contribution in [0.15, 0.2) is 24.3 Å². The largest absolute Gasteiger partial charge is 0.481 e. The van der Waals surface area contributed by atoms with Crippen molar-refractivity contribution in [3.63, 3.8) is 0 Å². The van der Waals surface area contributed by atoms with Crippen molar-refractivity contribution in [1.29, 1.82) is 0 Å². The highest BCUT2D eigenvalue weighted by molar-refractivity contribution is 5.93. The van der Waals surface area contributed by atoms with Crippen LogP contribution in [0.5, 0.6) is 0 Å². The van der Waals surface area contributed by atoms with Crippen LogP contribution in [0.2, 0.25) is 0 Å². The number of aromatic carboxylic acids is 1. The Labute approximate surface area is 103 Å². The van der Waals surface area contributed by atoms with Gasteiger partial charge in [0.05, 0.1) is 5.56 Å². The number of carbonyl (C=O) groups is 3. The predicted octanol–water partition coefficient (Wildman–Crippen LogP) is 1.58. The average molecular weight is 251 g/mol. The van der Waals surface area contributed by atoms with Crippen LogP contribution in [0.25, 0.3) is 0 Å². The van der Waals surface area contributed by atoms with Gasteiger partial charge in [0.25, 0.3) is 0 Å². The Hall–Kier alpha value is -2.37. The number of nitrogens with one attached hydrogen (secondary N) is 1. The number of hydrogen-bond donors (Lipinski definition) is 3. The summed E-state index contributed by atoms with van der Waals surface area (Å²) in [5.74, 6) is -2.36. The van der Waals surface area contributed by atoms with E-state index in [9.17, 15) is 14.4 Å². The van der Waals surface area contributed by atoms with Gasteiger partial charge in [-0.1, -0.05) is 6.07 Å². The van der Waals surface area contributed by atoms with Crippen molar-refractivity contribution in [2.24, 2.45) is 0 Å². The lowest BCUT2D eigenvalue weighted by molar-refractivity contribution is -0.137. The molecule has 1 amide bonds. The van der Waals surface area contributed by atoms with E-state index in [-0.39, 0.29) is 30.7 Å². The predicted molar refractivity (Wildman–Crippen MR) is 63.5 cm³/mol. The zero-order chi connectivity index (χ0) is 13.5. The maximum atomic E-state index is 11.4. The summed E-state index contributed by atoms with van der Waals surface area (Å²) in [5.41, 5.74) is 0.466. The zero-order valence-corrected chi connectivity index (χ0v) is 9.55. The summed E-state index contributed by atoms with van der Waals surface area (Å²) < 4.78 is 0. The van der Waals surface area contributed by atoms with Crippen LogP contribution in [-0.2, 0) is 9.59 Å². The Morgan fingerprint density at radius 2 is 1.83 bits per heavy atom. The fourth-order valence-electron chi connectivity index (χ4n) is 1.35. The van der Waals surface area contributed by atoms with Crippen molar-refractivity contribution in [1.82, 2.24) is 0 Å². The first-order chi connectivity index (χ1) is 8.49. The SMILES string of the molecule is O=C(O)CCCC(=O)Nc1cccc(C(=O)O)c1. The number of anilines is 1. The molecule has 0 heterocycles. The second kappa shape index (κ2) is 6.39. The van der Waals surface area contributed by atoms with E-state index in [1.165, 1.54) is 18.2 Å². The number of aliphatic carboxylic acids is 1. The summed E-state index contributed by atoms with van der Waals surface area (Å²) in [6.45, 7) is 0. The van der Waals surface area contributed by atoms with Gasteiger partial charge in [0.2, 0.25) is 5.91 Å². The molecule has 0 aliphatic rings. The topological polar surface area (TPSA) is 104 Å². The number of carbonyl (C=O) groups excluding carboxylic acids is 1. The van der Waals surface area contributed by atoms with E-state index >= 15 is 0 Å². The van der Waals surface area contributed by atoms with E-state index in [4.69, 9.17) is 10.2 Å². The Morgan fingerprint density at radius 3 is 2.44 bits per heavy atom. The van der Waals surface area contributed by atoms with Gasteiger partial charge in [0.1, 0.15) is 0 Å². The van der Waals surface area contributed by atoms with Crippen LogP contribution in [0, 0.1) is 0 Å². The third-order valence-corrected chi connectivity index (χ3v) is 2.19. The number of rotatable bonds is 6. The summed E-state index contributed by atoms with van der Waals surface area (Å²) in [5, 5.41) is 19.7. The van der Waals surface area contributed by atoms with E-state index in [1.807, 2.05) is 0 Å². The lowest BCUT2D eigenvalue weighted by atomic mass is 10.2. The van der Waals surface area contributed by atoms with E-state index in [2.05, 4.69) is 5.32 Å². The summed E-state index contributed by atoms with van der Waals surface area (Å²) in [7, 11) is 0. The van der Waals surface area contributed by atoms with E-state index in [0.717, 1.165) is 0 Å². The molecule has 6 nitrogen and oxygen atoms in total. The molecule has 6 heteroatoms. The van der Waals surface area contributed by atoms with Gasteiger partial charge in [-0.05, 0) is 24.6 Å². The molecular weight excluding hydrogens is 238 g/mol. The van der Waals surface area contributed by atoms with Gasteiger partial charge in [0.15, 0.2) is 0 Å². The molecule has 3 N–H and O–H groups in total. The molecule has 0 atom stereocenters. The fourth-order valence-corrected chi connectivity index (χ4v) is 1.35. The smallest absolute Gasteiger partial charge is 0.335 e. The molecule has 0 saturated heterocycles. The molecule has 1 aromatic rings. The highest BCUT2D eigenvalue weighted by atomic mass is 16.4. The number of carboxylic acid groups (broad SMARTS) is 2. The lowest BCUT2D eigenvalue weighted by Crippen LogP contribution is -2.12. The van der Waals surface area contributed by atoms with Gasteiger partial charge >= 0.3 is 11.9 Å². The Balaban J connectivity index is 2.51. The maximum Gasteiger partial charge on any atom is 0.335 e. The van der Waals surface area contributed by atoms with Crippen LogP contribution in [0.1, 0.15) is 29.6 Å². The van der Waals surface area contributed by atoms with Gasteiger partial charge in [-0.3, -0.25) is 9.59 Å². The second-order valence-electron chi connectivity index (χ2n) is 3.68. The average Bonchev–Trinajstić information content (AvgIpc) is 2.28. The summed E-state index contributed by atoms with van der Waals surface area (Å²) >= 11 is 0. The van der Waals surface area contributed by atoms with Crippen LogP contribution in [0.3, 0.4) is 0 Å². The second-order valence-corrected chi connectivity index (χ2v) is 3.68. The Kier molecular flexibility index (Phi) is 4.86. The third-order valence-electron chi connectivity index (χ3n) is 2.19. The monoisotopic (exact) mass is 251 g/mol. The lowest BCUT2D eigenvalue weighted by Gasteiger charge is -2.05. The first-order valence-corrected chi connectivity index (χ1v) is 5.34. The minimum atomic E-state index is -1.07. The molecule has 96 valence electrons. The Morgan fingerprint density at radius 1 is 1.11 bits per heavy atom. The molecule has 0 fully saturated rings. The molecule has 1 rings (SSSR count). The normalized spacial score (nSPS) is 9.78. The van der Waals surface area contributed by atoms with Crippen LogP contribution in [0.4, 0.5) is 5.69 Å². The molecule has 0 aliphatic carbocycles.